The summed E-state index contributed by atoms with van der Waals surface area (Å²) >= 11 is 0. The van der Waals surface area contributed by atoms with E-state index in [4.69, 9.17) is 14.6 Å². The Hall–Kier alpha value is -1.71. The van der Waals surface area contributed by atoms with E-state index < -0.39 is 5.97 Å². The lowest BCUT2D eigenvalue weighted by molar-refractivity contribution is -0.136. The van der Waals surface area contributed by atoms with Crippen LogP contribution in [0.1, 0.15) is 11.1 Å². The molecule has 4 nitrogen and oxygen atoms in total. The van der Waals surface area contributed by atoms with E-state index in [1.807, 2.05) is 13.0 Å². The summed E-state index contributed by atoms with van der Waals surface area (Å²) in [7, 11) is 3.04. The van der Waals surface area contributed by atoms with Crippen LogP contribution in [0, 0.1) is 6.92 Å². The number of aliphatic carboxylic acids is 1. The quantitative estimate of drug-likeness (QED) is 0.820. The SMILES string of the molecule is COc1c(C)ccc(CC(=O)O)c1OC. The highest BCUT2D eigenvalue weighted by molar-refractivity contribution is 5.72. The maximum absolute atomic E-state index is 10.6. The Labute approximate surface area is 88.4 Å². The maximum Gasteiger partial charge on any atom is 0.307 e. The average molecular weight is 210 g/mol. The fourth-order valence-electron chi connectivity index (χ4n) is 1.48. The molecule has 1 aromatic rings. The molecule has 0 bridgehead atoms. The molecule has 0 atom stereocenters. The first kappa shape index (κ1) is 11.4. The number of aryl methyl sites for hydroxylation is 1. The van der Waals surface area contributed by atoms with Gasteiger partial charge in [-0.2, -0.15) is 0 Å². The molecule has 0 saturated heterocycles. The van der Waals surface area contributed by atoms with Crippen LogP contribution >= 0.6 is 0 Å². The van der Waals surface area contributed by atoms with Crippen molar-refractivity contribution in [1.82, 2.24) is 0 Å². The predicted octanol–water partition coefficient (Wildman–Crippen LogP) is 1.64. The number of hydrogen-bond donors (Lipinski definition) is 1. The van der Waals surface area contributed by atoms with Gasteiger partial charge in [-0.05, 0) is 12.5 Å². The number of methoxy groups -OCH3 is 2. The van der Waals surface area contributed by atoms with Crippen LogP contribution < -0.4 is 9.47 Å². The van der Waals surface area contributed by atoms with Gasteiger partial charge in [0.25, 0.3) is 0 Å². The Morgan fingerprint density at radius 2 is 1.87 bits per heavy atom. The minimum absolute atomic E-state index is 0.0696. The third-order valence-corrected chi connectivity index (χ3v) is 2.14. The van der Waals surface area contributed by atoms with E-state index >= 15 is 0 Å². The summed E-state index contributed by atoms with van der Waals surface area (Å²) in [6.07, 6.45) is -0.0696. The first-order valence-corrected chi connectivity index (χ1v) is 4.52. The third-order valence-electron chi connectivity index (χ3n) is 2.14. The van der Waals surface area contributed by atoms with Gasteiger partial charge in [-0.15, -0.1) is 0 Å². The summed E-state index contributed by atoms with van der Waals surface area (Å²) in [6, 6.07) is 3.56. The van der Waals surface area contributed by atoms with Crippen LogP contribution in [0.25, 0.3) is 0 Å². The van der Waals surface area contributed by atoms with E-state index in [1.165, 1.54) is 14.2 Å². The second kappa shape index (κ2) is 4.68. The minimum Gasteiger partial charge on any atom is -0.493 e. The standard InChI is InChI=1S/C11H14O4/c1-7-4-5-8(6-9(12)13)11(15-3)10(7)14-2/h4-5H,6H2,1-3H3,(H,12,13). The van der Waals surface area contributed by atoms with Gasteiger partial charge in [0, 0.05) is 5.56 Å². The van der Waals surface area contributed by atoms with E-state index in [0.717, 1.165) is 5.56 Å². The fourth-order valence-corrected chi connectivity index (χ4v) is 1.48. The van der Waals surface area contributed by atoms with Crippen LogP contribution in [0.3, 0.4) is 0 Å². The molecule has 4 heteroatoms. The lowest BCUT2D eigenvalue weighted by Gasteiger charge is -2.13. The van der Waals surface area contributed by atoms with Gasteiger partial charge in [0.2, 0.25) is 0 Å². The normalized spacial score (nSPS) is 9.80. The third kappa shape index (κ3) is 2.40. The Kier molecular flexibility index (Phi) is 3.55. The monoisotopic (exact) mass is 210 g/mol. The summed E-state index contributed by atoms with van der Waals surface area (Å²) in [6.45, 7) is 1.88. The van der Waals surface area contributed by atoms with Crippen molar-refractivity contribution in [2.75, 3.05) is 14.2 Å². The molecule has 0 fully saturated rings. The van der Waals surface area contributed by atoms with Gasteiger partial charge in [0.15, 0.2) is 11.5 Å². The maximum atomic E-state index is 10.6. The molecule has 0 heterocycles. The summed E-state index contributed by atoms with van der Waals surface area (Å²) in [5.41, 5.74) is 1.54. The van der Waals surface area contributed by atoms with E-state index in [-0.39, 0.29) is 6.42 Å². The van der Waals surface area contributed by atoms with Crippen LogP contribution in [0.4, 0.5) is 0 Å². The number of benzene rings is 1. The van der Waals surface area contributed by atoms with Gasteiger partial charge in [0.05, 0.1) is 20.6 Å². The molecule has 0 saturated carbocycles. The fraction of sp³-hybridized carbons (Fsp3) is 0.364. The van der Waals surface area contributed by atoms with Crippen LogP contribution in [-0.2, 0) is 11.2 Å². The van der Waals surface area contributed by atoms with Crippen molar-refractivity contribution in [3.05, 3.63) is 23.3 Å². The van der Waals surface area contributed by atoms with Crippen molar-refractivity contribution in [1.29, 1.82) is 0 Å². The molecule has 0 aliphatic rings. The molecular formula is C11H14O4. The molecule has 1 N–H and O–H groups in total. The highest BCUT2D eigenvalue weighted by Gasteiger charge is 2.14. The molecule has 1 rings (SSSR count). The van der Waals surface area contributed by atoms with Crippen LogP contribution in [0.2, 0.25) is 0 Å². The minimum atomic E-state index is -0.890. The molecule has 0 unspecified atom stereocenters. The predicted molar refractivity (Wildman–Crippen MR) is 55.6 cm³/mol. The highest BCUT2D eigenvalue weighted by Crippen LogP contribution is 2.34. The Morgan fingerprint density at radius 3 is 2.33 bits per heavy atom. The molecule has 15 heavy (non-hydrogen) atoms. The van der Waals surface area contributed by atoms with Crippen molar-refractivity contribution in [3.63, 3.8) is 0 Å². The Bertz CT molecular complexity index is 371. The van der Waals surface area contributed by atoms with Crippen molar-refractivity contribution in [3.8, 4) is 11.5 Å². The van der Waals surface area contributed by atoms with E-state index in [2.05, 4.69) is 0 Å². The van der Waals surface area contributed by atoms with Crippen molar-refractivity contribution < 1.29 is 19.4 Å². The number of carbonyl (C=O) groups is 1. The number of hydrogen-bond acceptors (Lipinski definition) is 3. The van der Waals surface area contributed by atoms with Gasteiger partial charge >= 0.3 is 5.97 Å². The van der Waals surface area contributed by atoms with Gasteiger partial charge in [-0.3, -0.25) is 4.79 Å². The number of carboxylic acid groups (broad SMARTS) is 1. The first-order valence-electron chi connectivity index (χ1n) is 4.52. The zero-order valence-corrected chi connectivity index (χ0v) is 9.03. The highest BCUT2D eigenvalue weighted by atomic mass is 16.5. The zero-order chi connectivity index (χ0) is 11.4. The first-order chi connectivity index (χ1) is 7.10. The smallest absolute Gasteiger partial charge is 0.307 e. The molecular weight excluding hydrogens is 196 g/mol. The van der Waals surface area contributed by atoms with Crippen molar-refractivity contribution in [2.45, 2.75) is 13.3 Å². The number of rotatable bonds is 4. The lowest BCUT2D eigenvalue weighted by Crippen LogP contribution is -2.04. The molecule has 0 amide bonds. The summed E-state index contributed by atoms with van der Waals surface area (Å²) in [5.74, 6) is 0.204. The van der Waals surface area contributed by atoms with Crippen LogP contribution in [0.5, 0.6) is 11.5 Å². The Balaban J connectivity index is 3.22. The van der Waals surface area contributed by atoms with Crippen molar-refractivity contribution in [2.24, 2.45) is 0 Å². The van der Waals surface area contributed by atoms with Gasteiger partial charge in [-0.1, -0.05) is 12.1 Å². The summed E-state index contributed by atoms with van der Waals surface area (Å²) in [4.78, 5) is 10.6. The lowest BCUT2D eigenvalue weighted by atomic mass is 10.1. The van der Waals surface area contributed by atoms with Crippen molar-refractivity contribution >= 4 is 5.97 Å². The molecule has 0 aliphatic carbocycles. The second-order valence-electron chi connectivity index (χ2n) is 3.18. The number of ether oxygens (including phenoxy) is 2. The zero-order valence-electron chi connectivity index (χ0n) is 9.03. The molecule has 82 valence electrons. The topological polar surface area (TPSA) is 55.8 Å². The van der Waals surface area contributed by atoms with E-state index in [9.17, 15) is 4.79 Å². The second-order valence-corrected chi connectivity index (χ2v) is 3.18. The largest absolute Gasteiger partial charge is 0.493 e. The van der Waals surface area contributed by atoms with Crippen LogP contribution in [-0.4, -0.2) is 25.3 Å². The van der Waals surface area contributed by atoms with Gasteiger partial charge < -0.3 is 14.6 Å². The Morgan fingerprint density at radius 1 is 1.27 bits per heavy atom. The van der Waals surface area contributed by atoms with E-state index in [0.29, 0.717) is 17.1 Å². The summed E-state index contributed by atoms with van der Waals surface area (Å²) < 4.78 is 10.3. The van der Waals surface area contributed by atoms with E-state index in [1.54, 1.807) is 6.07 Å². The van der Waals surface area contributed by atoms with Gasteiger partial charge in [0.1, 0.15) is 0 Å². The molecule has 0 radical (unpaired) electrons. The van der Waals surface area contributed by atoms with Crippen LogP contribution in [0.15, 0.2) is 12.1 Å². The molecule has 1 aromatic carbocycles. The molecule has 0 spiro atoms. The van der Waals surface area contributed by atoms with Gasteiger partial charge in [-0.25, -0.2) is 0 Å². The number of carboxylic acids is 1. The average Bonchev–Trinajstić information content (AvgIpc) is 2.19. The molecule has 0 aliphatic heterocycles. The molecule has 0 aromatic heterocycles. The summed E-state index contributed by atoms with van der Waals surface area (Å²) in [5, 5.41) is 8.72.